The van der Waals surface area contributed by atoms with Gasteiger partial charge < -0.3 is 10.7 Å². The third-order valence-corrected chi connectivity index (χ3v) is 11.4. The Bertz CT molecular complexity index is 1880. The van der Waals surface area contributed by atoms with E-state index in [-0.39, 0.29) is 11.1 Å². The topological polar surface area (TPSA) is 119 Å². The average Bonchev–Trinajstić information content (AvgIpc) is 3.47. The zero-order chi connectivity index (χ0) is 26.2. The van der Waals surface area contributed by atoms with Gasteiger partial charge in [0.05, 0.1) is 22.7 Å². The van der Waals surface area contributed by atoms with E-state index in [9.17, 15) is 13.7 Å². The fourth-order valence-electron chi connectivity index (χ4n) is 4.47. The second kappa shape index (κ2) is 9.96. The van der Waals surface area contributed by atoms with Crippen molar-refractivity contribution in [2.24, 2.45) is 0 Å². The van der Waals surface area contributed by atoms with E-state index in [4.69, 9.17) is 5.73 Å². The number of nitrogens with two attached hydrogens (primary N) is 1. The van der Waals surface area contributed by atoms with Crippen LogP contribution in [0.25, 0.3) is 21.9 Å². The fraction of sp³-hybridized carbons (Fsp3) is 0. The summed E-state index contributed by atoms with van der Waals surface area (Å²) in [6.07, 6.45) is 1.50. The van der Waals surface area contributed by atoms with E-state index in [2.05, 4.69) is 15.0 Å². The van der Waals surface area contributed by atoms with Gasteiger partial charge in [-0.15, -0.1) is 0 Å². The first kappa shape index (κ1) is 24.2. The van der Waals surface area contributed by atoms with Crippen molar-refractivity contribution in [1.82, 2.24) is 15.0 Å². The Kier molecular flexibility index (Phi) is 6.35. The van der Waals surface area contributed by atoms with Crippen molar-refractivity contribution in [2.75, 3.05) is 5.73 Å². The number of nitrogen functional groups attached to an aromatic ring is 1. The standard InChI is InChI=1S/C28H20N4O3P3/c29-28-25-24(30-17-31-25)23-21(32-28)16-22(36(33)18-10-4-1-5-11-18)26(37(34)19-12-6-2-7-13-19)27(23)38(35)20-14-8-3-9-15-20/h1-17H,(H2,29,32)(H,30,31)/q+3. The number of nitrogens with zero attached hydrogens (tertiary/aromatic N) is 2. The molecule has 0 bridgehead atoms. The summed E-state index contributed by atoms with van der Waals surface area (Å²) < 4.78 is 42.9. The Morgan fingerprint density at radius 1 is 0.658 bits per heavy atom. The van der Waals surface area contributed by atoms with Gasteiger partial charge in [0, 0.05) is 6.07 Å². The second-order valence-electron chi connectivity index (χ2n) is 8.50. The lowest BCUT2D eigenvalue weighted by Gasteiger charge is -2.04. The summed E-state index contributed by atoms with van der Waals surface area (Å²) in [4.78, 5) is 12.0. The van der Waals surface area contributed by atoms with Gasteiger partial charge in [0.25, 0.3) is 10.6 Å². The van der Waals surface area contributed by atoms with Crippen LogP contribution in [-0.4, -0.2) is 15.0 Å². The normalized spacial score (nSPS) is 12.5. The van der Waals surface area contributed by atoms with E-state index in [0.29, 0.717) is 48.5 Å². The molecule has 0 saturated carbocycles. The van der Waals surface area contributed by atoms with Gasteiger partial charge in [0.1, 0.15) is 5.52 Å². The number of rotatable bonds is 6. The summed E-state index contributed by atoms with van der Waals surface area (Å²) in [5.41, 5.74) is 7.61. The summed E-state index contributed by atoms with van der Waals surface area (Å²) in [5, 5.41) is 3.10. The minimum Gasteiger partial charge on any atom is -0.382 e. The van der Waals surface area contributed by atoms with Crippen LogP contribution in [0.3, 0.4) is 0 Å². The molecule has 3 unspecified atom stereocenters. The molecule has 7 nitrogen and oxygen atoms in total. The monoisotopic (exact) mass is 553 g/mol. The Balaban J connectivity index is 1.79. The van der Waals surface area contributed by atoms with Crippen molar-refractivity contribution in [1.29, 1.82) is 0 Å². The van der Waals surface area contributed by atoms with Crippen molar-refractivity contribution in [3.05, 3.63) is 103 Å². The van der Waals surface area contributed by atoms with E-state index in [1.54, 1.807) is 78.9 Å². The zero-order valence-electron chi connectivity index (χ0n) is 19.9. The van der Waals surface area contributed by atoms with Crippen molar-refractivity contribution in [3.8, 4) is 0 Å². The molecule has 0 radical (unpaired) electrons. The molecule has 0 aliphatic heterocycles. The molecule has 0 aliphatic rings. The molecular weight excluding hydrogens is 533 g/mol. The molecule has 0 fully saturated rings. The maximum Gasteiger partial charge on any atom is 0.425 e. The lowest BCUT2D eigenvalue weighted by Crippen LogP contribution is -2.36. The molecule has 6 rings (SSSR count). The number of nitrogens with one attached hydrogen (secondary N) is 1. The highest BCUT2D eigenvalue weighted by Gasteiger charge is 2.49. The molecule has 0 aliphatic carbocycles. The van der Waals surface area contributed by atoms with Gasteiger partial charge in [-0.25, -0.2) is 9.97 Å². The third kappa shape index (κ3) is 4.12. The Hall–Kier alpha value is -4.14. The number of anilines is 1. The lowest BCUT2D eigenvalue weighted by atomic mass is 10.2. The first-order valence-electron chi connectivity index (χ1n) is 11.7. The molecule has 10 heteroatoms. The van der Waals surface area contributed by atoms with Crippen LogP contribution in [-0.2, 0) is 13.7 Å². The quantitative estimate of drug-likeness (QED) is 0.301. The molecular formula is C28H20N4O3P3+3. The van der Waals surface area contributed by atoms with Crippen LogP contribution in [0, 0.1) is 0 Å². The highest BCUT2D eigenvalue weighted by Crippen LogP contribution is 2.35. The summed E-state index contributed by atoms with van der Waals surface area (Å²) in [5.74, 6) is 0.190. The maximum absolute atomic E-state index is 14.4. The average molecular weight is 553 g/mol. The Morgan fingerprint density at radius 3 is 1.71 bits per heavy atom. The van der Waals surface area contributed by atoms with Gasteiger partial charge in [-0.2, -0.15) is 0 Å². The number of fused-ring (bicyclic) bond motifs is 3. The SMILES string of the molecule is Nc1nc2cc([P+](=O)c3ccccc3)c([P+](=O)c3ccccc3)c([P+](=O)c3ccccc3)c2c2[nH]cnc12. The van der Waals surface area contributed by atoms with Crippen LogP contribution in [0.15, 0.2) is 103 Å². The molecule has 2 aromatic heterocycles. The molecule has 38 heavy (non-hydrogen) atoms. The van der Waals surface area contributed by atoms with Crippen LogP contribution in [0.1, 0.15) is 0 Å². The largest absolute Gasteiger partial charge is 0.425 e. The molecule has 3 N–H and O–H groups in total. The molecule has 0 spiro atoms. The lowest BCUT2D eigenvalue weighted by molar-refractivity contribution is 0.595. The number of hydrogen-bond donors (Lipinski definition) is 2. The number of hydrogen-bond acceptors (Lipinski definition) is 6. The number of imidazole rings is 1. The summed E-state index contributed by atoms with van der Waals surface area (Å²) in [7, 11) is -6.78. The first-order valence-corrected chi connectivity index (χ1v) is 15.5. The number of pyridine rings is 1. The van der Waals surface area contributed by atoms with Crippen molar-refractivity contribution in [2.45, 2.75) is 0 Å². The molecule has 3 atom stereocenters. The van der Waals surface area contributed by atoms with Crippen LogP contribution >= 0.6 is 23.4 Å². The smallest absolute Gasteiger partial charge is 0.382 e. The van der Waals surface area contributed by atoms with Crippen LogP contribution in [0.5, 0.6) is 0 Å². The van der Waals surface area contributed by atoms with Gasteiger partial charge in [-0.3, -0.25) is 0 Å². The van der Waals surface area contributed by atoms with E-state index in [0.717, 1.165) is 0 Å². The molecule has 182 valence electrons. The van der Waals surface area contributed by atoms with Crippen LogP contribution in [0.2, 0.25) is 0 Å². The summed E-state index contributed by atoms with van der Waals surface area (Å²) in [6, 6.07) is 28.6. The molecule has 4 aromatic carbocycles. The number of H-pyrrole nitrogens is 1. The predicted octanol–water partition coefficient (Wildman–Crippen LogP) is 4.03. The van der Waals surface area contributed by atoms with E-state index in [1.165, 1.54) is 6.33 Å². The van der Waals surface area contributed by atoms with Crippen molar-refractivity contribution >= 4 is 83.0 Å². The minimum absolute atomic E-state index is 0.190. The van der Waals surface area contributed by atoms with Gasteiger partial charge in [-0.05, 0) is 36.4 Å². The van der Waals surface area contributed by atoms with Crippen LogP contribution < -0.4 is 37.6 Å². The van der Waals surface area contributed by atoms with Crippen molar-refractivity contribution in [3.63, 3.8) is 0 Å². The number of aromatic nitrogens is 3. The third-order valence-electron chi connectivity index (χ3n) is 6.20. The zero-order valence-corrected chi connectivity index (χ0v) is 22.5. The second-order valence-corrected chi connectivity index (χ2v) is 13.2. The van der Waals surface area contributed by atoms with Gasteiger partial charge in [0.15, 0.2) is 21.7 Å². The fourth-order valence-corrected chi connectivity index (χ4v) is 9.63. The predicted molar refractivity (Wildman–Crippen MR) is 156 cm³/mol. The molecule has 6 aromatic rings. The van der Waals surface area contributed by atoms with Crippen molar-refractivity contribution < 1.29 is 13.7 Å². The first-order chi connectivity index (χ1) is 18.5. The highest BCUT2D eigenvalue weighted by atomic mass is 31.1. The minimum atomic E-state index is -2.29. The highest BCUT2D eigenvalue weighted by molar-refractivity contribution is 7.71. The molecule has 0 amide bonds. The van der Waals surface area contributed by atoms with E-state index >= 15 is 0 Å². The van der Waals surface area contributed by atoms with E-state index in [1.807, 2.05) is 18.2 Å². The summed E-state index contributed by atoms with van der Waals surface area (Å²) >= 11 is 0. The number of aromatic amines is 1. The summed E-state index contributed by atoms with van der Waals surface area (Å²) in [6.45, 7) is 0. The molecule has 2 heterocycles. The van der Waals surface area contributed by atoms with Gasteiger partial charge in [-0.1, -0.05) is 68.3 Å². The number of benzene rings is 4. The Labute approximate surface area is 220 Å². The maximum atomic E-state index is 14.4. The Morgan fingerprint density at radius 2 is 1.16 bits per heavy atom. The van der Waals surface area contributed by atoms with Gasteiger partial charge in [0.2, 0.25) is 0 Å². The van der Waals surface area contributed by atoms with E-state index < -0.39 is 23.4 Å². The van der Waals surface area contributed by atoms with Crippen LogP contribution in [0.4, 0.5) is 5.82 Å². The van der Waals surface area contributed by atoms with Gasteiger partial charge >= 0.3 is 28.7 Å². The molecule has 0 saturated heterocycles.